The number of rotatable bonds is 3. The van der Waals surface area contributed by atoms with Crippen molar-refractivity contribution in [2.75, 3.05) is 37.4 Å². The van der Waals surface area contributed by atoms with Crippen LogP contribution < -0.4 is 10.2 Å². The van der Waals surface area contributed by atoms with Crippen molar-refractivity contribution >= 4 is 39.4 Å². The van der Waals surface area contributed by atoms with Gasteiger partial charge in [-0.25, -0.2) is 9.78 Å². The Bertz CT molecular complexity index is 608. The number of carbonyl (C=O) groups is 2. The third-order valence-corrected chi connectivity index (χ3v) is 4.44. The minimum Gasteiger partial charge on any atom is -0.481 e. The molecule has 0 aromatic carbocycles. The van der Waals surface area contributed by atoms with Crippen LogP contribution in [0.15, 0.2) is 16.7 Å². The SMILES string of the molecule is CN(C)c1cc(NC(=O)N2CCC(C)(C(=O)O)C2)ncc1Br. The van der Waals surface area contributed by atoms with Gasteiger partial charge in [0.1, 0.15) is 5.82 Å². The molecule has 8 heteroatoms. The van der Waals surface area contributed by atoms with Gasteiger partial charge in [-0.05, 0) is 29.3 Å². The van der Waals surface area contributed by atoms with Crippen LogP contribution in [0.4, 0.5) is 16.3 Å². The zero-order valence-electron chi connectivity index (χ0n) is 12.8. The predicted molar refractivity (Wildman–Crippen MR) is 87.2 cm³/mol. The van der Waals surface area contributed by atoms with E-state index in [4.69, 9.17) is 0 Å². The summed E-state index contributed by atoms with van der Waals surface area (Å²) >= 11 is 3.40. The number of urea groups is 1. The molecule has 1 aliphatic rings. The third-order valence-electron chi connectivity index (χ3n) is 3.83. The number of carbonyl (C=O) groups excluding carboxylic acids is 1. The Morgan fingerprint density at radius 1 is 1.50 bits per heavy atom. The summed E-state index contributed by atoms with van der Waals surface area (Å²) in [5, 5.41) is 11.9. The summed E-state index contributed by atoms with van der Waals surface area (Å²) in [7, 11) is 3.79. The highest BCUT2D eigenvalue weighted by Crippen LogP contribution is 2.31. The van der Waals surface area contributed by atoms with Crippen molar-refractivity contribution in [1.82, 2.24) is 9.88 Å². The van der Waals surface area contributed by atoms with Crippen molar-refractivity contribution in [3.63, 3.8) is 0 Å². The molecule has 1 aliphatic heterocycles. The zero-order valence-corrected chi connectivity index (χ0v) is 14.3. The normalized spacial score (nSPS) is 20.8. The van der Waals surface area contributed by atoms with E-state index in [1.54, 1.807) is 19.2 Å². The average Bonchev–Trinajstić information content (AvgIpc) is 2.85. The Morgan fingerprint density at radius 2 is 2.18 bits per heavy atom. The van der Waals surface area contributed by atoms with E-state index >= 15 is 0 Å². The van der Waals surface area contributed by atoms with E-state index in [0.717, 1.165) is 10.2 Å². The summed E-state index contributed by atoms with van der Waals surface area (Å²) < 4.78 is 0.829. The molecule has 0 saturated carbocycles. The first-order chi connectivity index (χ1) is 10.2. The summed E-state index contributed by atoms with van der Waals surface area (Å²) in [4.78, 5) is 31.0. The average molecular weight is 371 g/mol. The fourth-order valence-corrected chi connectivity index (χ4v) is 2.91. The van der Waals surface area contributed by atoms with Crippen LogP contribution in [-0.4, -0.2) is 54.2 Å². The molecule has 7 nitrogen and oxygen atoms in total. The summed E-state index contributed by atoms with van der Waals surface area (Å²) in [6.45, 7) is 2.28. The number of nitrogens with one attached hydrogen (secondary N) is 1. The molecule has 2 amide bonds. The van der Waals surface area contributed by atoms with Gasteiger partial charge >= 0.3 is 12.0 Å². The van der Waals surface area contributed by atoms with Crippen LogP contribution in [0.5, 0.6) is 0 Å². The van der Waals surface area contributed by atoms with Gasteiger partial charge in [0.05, 0.1) is 15.6 Å². The molecule has 1 fully saturated rings. The van der Waals surface area contributed by atoms with Crippen molar-refractivity contribution in [2.45, 2.75) is 13.3 Å². The molecule has 22 heavy (non-hydrogen) atoms. The molecule has 1 unspecified atom stereocenters. The Kier molecular flexibility index (Phi) is 4.60. The first-order valence-corrected chi connectivity index (χ1v) is 7.64. The van der Waals surface area contributed by atoms with Crippen molar-refractivity contribution in [1.29, 1.82) is 0 Å². The number of aromatic nitrogens is 1. The van der Waals surface area contributed by atoms with E-state index in [1.807, 2.05) is 19.0 Å². The minimum absolute atomic E-state index is 0.200. The van der Waals surface area contributed by atoms with Crippen LogP contribution in [0, 0.1) is 5.41 Å². The van der Waals surface area contributed by atoms with E-state index in [-0.39, 0.29) is 12.6 Å². The van der Waals surface area contributed by atoms with Gasteiger partial charge in [0, 0.05) is 39.4 Å². The topological polar surface area (TPSA) is 85.8 Å². The number of anilines is 2. The van der Waals surface area contributed by atoms with E-state index in [0.29, 0.717) is 18.8 Å². The number of nitrogens with zero attached hydrogens (tertiary/aromatic N) is 3. The maximum Gasteiger partial charge on any atom is 0.323 e. The quantitative estimate of drug-likeness (QED) is 0.851. The molecular weight excluding hydrogens is 352 g/mol. The third kappa shape index (κ3) is 3.32. The molecule has 2 N–H and O–H groups in total. The van der Waals surface area contributed by atoms with Gasteiger partial charge in [-0.15, -0.1) is 0 Å². The van der Waals surface area contributed by atoms with Gasteiger partial charge in [0.25, 0.3) is 0 Å². The Morgan fingerprint density at radius 3 is 2.73 bits per heavy atom. The van der Waals surface area contributed by atoms with Crippen LogP contribution in [0.25, 0.3) is 0 Å². The highest BCUT2D eigenvalue weighted by molar-refractivity contribution is 9.10. The molecule has 1 aromatic heterocycles. The molecule has 1 aromatic rings. The standard InChI is InChI=1S/C14H19BrN4O3/c1-14(12(20)21)4-5-19(8-14)13(22)17-11-6-10(18(2)3)9(15)7-16-11/h6-7H,4-5,8H2,1-3H3,(H,20,21)(H,16,17,22). The number of likely N-dealkylation sites (tertiary alicyclic amines) is 1. The predicted octanol–water partition coefficient (Wildman–Crippen LogP) is 2.24. The second-order valence-corrected chi connectivity index (χ2v) is 6.74. The Labute approximate surface area is 137 Å². The number of hydrogen-bond acceptors (Lipinski definition) is 4. The van der Waals surface area contributed by atoms with Gasteiger partial charge in [-0.1, -0.05) is 0 Å². The molecule has 120 valence electrons. The number of pyridine rings is 1. The number of carboxylic acids is 1. The van der Waals surface area contributed by atoms with Gasteiger partial charge in [0.2, 0.25) is 0 Å². The molecule has 0 radical (unpaired) electrons. The van der Waals surface area contributed by atoms with Crippen molar-refractivity contribution < 1.29 is 14.7 Å². The van der Waals surface area contributed by atoms with Crippen LogP contribution in [-0.2, 0) is 4.79 Å². The van der Waals surface area contributed by atoms with Gasteiger partial charge in [0.15, 0.2) is 0 Å². The van der Waals surface area contributed by atoms with Crippen LogP contribution in [0.2, 0.25) is 0 Å². The lowest BCUT2D eigenvalue weighted by atomic mass is 9.90. The first kappa shape index (κ1) is 16.5. The molecule has 0 spiro atoms. The lowest BCUT2D eigenvalue weighted by Gasteiger charge is -2.21. The number of amides is 2. The maximum absolute atomic E-state index is 12.2. The Balaban J connectivity index is 2.07. The lowest BCUT2D eigenvalue weighted by Crippen LogP contribution is -2.37. The van der Waals surface area contributed by atoms with Gasteiger partial charge in [-0.2, -0.15) is 0 Å². The highest BCUT2D eigenvalue weighted by Gasteiger charge is 2.42. The van der Waals surface area contributed by atoms with Crippen LogP contribution in [0.1, 0.15) is 13.3 Å². The largest absolute Gasteiger partial charge is 0.481 e. The lowest BCUT2D eigenvalue weighted by molar-refractivity contribution is -0.146. The molecule has 0 bridgehead atoms. The number of aliphatic carboxylic acids is 1. The van der Waals surface area contributed by atoms with Crippen LogP contribution >= 0.6 is 15.9 Å². The minimum atomic E-state index is -0.876. The molecule has 0 aliphatic carbocycles. The van der Waals surface area contributed by atoms with E-state index in [2.05, 4.69) is 26.2 Å². The summed E-state index contributed by atoms with van der Waals surface area (Å²) in [6, 6.07) is 1.43. The first-order valence-electron chi connectivity index (χ1n) is 6.85. The maximum atomic E-state index is 12.2. The molecule has 2 heterocycles. The van der Waals surface area contributed by atoms with E-state index < -0.39 is 11.4 Å². The van der Waals surface area contributed by atoms with Crippen molar-refractivity contribution in [3.05, 3.63) is 16.7 Å². The number of hydrogen-bond donors (Lipinski definition) is 2. The summed E-state index contributed by atoms with van der Waals surface area (Å²) in [5.41, 5.74) is 0.0151. The monoisotopic (exact) mass is 370 g/mol. The smallest absolute Gasteiger partial charge is 0.323 e. The molecular formula is C14H19BrN4O3. The van der Waals surface area contributed by atoms with Crippen LogP contribution in [0.3, 0.4) is 0 Å². The summed E-state index contributed by atoms with van der Waals surface area (Å²) in [6.07, 6.45) is 2.07. The molecule has 2 rings (SSSR count). The highest BCUT2D eigenvalue weighted by atomic mass is 79.9. The summed E-state index contributed by atoms with van der Waals surface area (Å²) in [5.74, 6) is -0.444. The zero-order chi connectivity index (χ0) is 16.5. The number of carboxylic acid groups (broad SMARTS) is 1. The Hall–Kier alpha value is -1.83. The van der Waals surface area contributed by atoms with E-state index in [1.165, 1.54) is 4.90 Å². The van der Waals surface area contributed by atoms with Gasteiger partial charge in [-0.3, -0.25) is 10.1 Å². The fraction of sp³-hybridized carbons (Fsp3) is 0.500. The van der Waals surface area contributed by atoms with Crippen molar-refractivity contribution in [2.24, 2.45) is 5.41 Å². The van der Waals surface area contributed by atoms with Gasteiger partial charge < -0.3 is 14.9 Å². The second-order valence-electron chi connectivity index (χ2n) is 5.88. The van der Waals surface area contributed by atoms with Crippen molar-refractivity contribution in [3.8, 4) is 0 Å². The fourth-order valence-electron chi connectivity index (χ4n) is 2.34. The van der Waals surface area contributed by atoms with E-state index in [9.17, 15) is 14.7 Å². The second kappa shape index (κ2) is 6.12. The molecule has 1 saturated heterocycles. The molecule has 1 atom stereocenters. The number of halogens is 1.